The molecule has 35 heavy (non-hydrogen) atoms. The maximum atomic E-state index is 12.8. The summed E-state index contributed by atoms with van der Waals surface area (Å²) < 4.78 is 38.4. The smallest absolute Gasteiger partial charge is 0.369 e. The van der Waals surface area contributed by atoms with Crippen LogP contribution in [0.3, 0.4) is 0 Å². The molecule has 9 nitrogen and oxygen atoms in total. The lowest BCUT2D eigenvalue weighted by atomic mass is 9.70. The number of carbonyl (C=O) groups is 2. The largest absolute Gasteiger partial charge is 0.433 e. The lowest BCUT2D eigenvalue weighted by molar-refractivity contribution is -0.141. The van der Waals surface area contributed by atoms with E-state index in [0.717, 1.165) is 12.3 Å². The fourth-order valence-corrected chi connectivity index (χ4v) is 4.94. The van der Waals surface area contributed by atoms with Gasteiger partial charge in [0.15, 0.2) is 5.82 Å². The number of aromatic nitrogens is 3. The first-order valence-electron chi connectivity index (χ1n) is 11.4. The highest BCUT2D eigenvalue weighted by Crippen LogP contribution is 2.41. The third-order valence-corrected chi connectivity index (χ3v) is 6.69. The summed E-state index contributed by atoms with van der Waals surface area (Å²) in [7, 11) is 1.83. The summed E-state index contributed by atoms with van der Waals surface area (Å²) in [4.78, 5) is 39.0. The molecule has 1 unspecified atom stereocenters. The van der Waals surface area contributed by atoms with Gasteiger partial charge in [0.1, 0.15) is 17.4 Å². The van der Waals surface area contributed by atoms with Crippen molar-refractivity contribution in [3.05, 3.63) is 35.3 Å². The topological polar surface area (TPSA) is 126 Å². The molecule has 2 aromatic heterocycles. The minimum atomic E-state index is -4.55. The molecule has 0 saturated heterocycles. The van der Waals surface area contributed by atoms with E-state index in [4.69, 9.17) is 5.73 Å². The maximum absolute atomic E-state index is 12.8. The lowest BCUT2D eigenvalue weighted by Gasteiger charge is -2.40. The van der Waals surface area contributed by atoms with Crippen molar-refractivity contribution in [1.82, 2.24) is 15.0 Å². The maximum Gasteiger partial charge on any atom is 0.433 e. The van der Waals surface area contributed by atoms with Gasteiger partial charge in [-0.05, 0) is 43.2 Å². The summed E-state index contributed by atoms with van der Waals surface area (Å²) in [6, 6.07) is 1.73. The van der Waals surface area contributed by atoms with Crippen molar-refractivity contribution in [2.45, 2.75) is 57.8 Å². The molecule has 3 heterocycles. The second-order valence-electron chi connectivity index (χ2n) is 9.55. The number of amides is 2. The second kappa shape index (κ2) is 8.97. The third kappa shape index (κ3) is 4.73. The highest BCUT2D eigenvalue weighted by molar-refractivity contribution is 6.03. The van der Waals surface area contributed by atoms with E-state index in [2.05, 4.69) is 25.6 Å². The molecule has 12 heteroatoms. The first-order valence-corrected chi connectivity index (χ1v) is 11.4. The number of carbonyl (C=O) groups excluding carboxylic acids is 2. The molecular weight excluding hydrogens is 463 g/mol. The van der Waals surface area contributed by atoms with Gasteiger partial charge in [-0.2, -0.15) is 18.2 Å². The van der Waals surface area contributed by atoms with Crippen LogP contribution in [-0.2, 0) is 15.8 Å². The Bertz CT molecular complexity index is 1130. The number of hydrogen-bond donors (Lipinski definition) is 3. The zero-order chi connectivity index (χ0) is 25.7. The van der Waals surface area contributed by atoms with Gasteiger partial charge in [-0.1, -0.05) is 19.9 Å². The number of nitrogens with one attached hydrogen (secondary N) is 2. The van der Waals surface area contributed by atoms with Crippen LogP contribution in [0.15, 0.2) is 18.3 Å². The number of aryl methyl sites for hydroxylation is 1. The summed E-state index contributed by atoms with van der Waals surface area (Å²) in [6.45, 7) is 5.73. The second-order valence-corrected chi connectivity index (χ2v) is 9.55. The number of alkyl halides is 3. The molecule has 2 atom stereocenters. The highest BCUT2D eigenvalue weighted by atomic mass is 19.4. The summed E-state index contributed by atoms with van der Waals surface area (Å²) >= 11 is 0. The number of nitrogens with zero attached hydrogens (tertiary/aromatic N) is 4. The van der Waals surface area contributed by atoms with Crippen molar-refractivity contribution in [3.8, 4) is 0 Å². The van der Waals surface area contributed by atoms with Gasteiger partial charge in [-0.25, -0.2) is 4.98 Å². The molecule has 0 aromatic carbocycles. The molecule has 2 aromatic rings. The Morgan fingerprint density at radius 1 is 1.26 bits per heavy atom. The van der Waals surface area contributed by atoms with E-state index in [-0.39, 0.29) is 29.8 Å². The Morgan fingerprint density at radius 3 is 2.49 bits per heavy atom. The Labute approximate surface area is 200 Å². The Morgan fingerprint density at radius 2 is 1.94 bits per heavy atom. The van der Waals surface area contributed by atoms with Gasteiger partial charge in [-0.3, -0.25) is 14.6 Å². The molecular formula is C23H28F3N7O2. The molecule has 188 valence electrons. The molecule has 1 saturated carbocycles. The van der Waals surface area contributed by atoms with E-state index in [0.29, 0.717) is 41.6 Å². The van der Waals surface area contributed by atoms with Crippen molar-refractivity contribution in [2.24, 2.45) is 17.6 Å². The van der Waals surface area contributed by atoms with Crippen LogP contribution in [-0.4, -0.2) is 45.9 Å². The number of likely N-dealkylation sites (N-methyl/N-ethyl adjacent to an activating group) is 1. The number of rotatable bonds is 6. The van der Waals surface area contributed by atoms with Gasteiger partial charge in [0, 0.05) is 19.3 Å². The average Bonchev–Trinajstić information content (AvgIpc) is 2.72. The third-order valence-electron chi connectivity index (χ3n) is 6.69. The molecule has 0 bridgehead atoms. The van der Waals surface area contributed by atoms with Crippen molar-refractivity contribution < 1.29 is 22.8 Å². The van der Waals surface area contributed by atoms with Crippen LogP contribution in [0, 0.1) is 18.8 Å². The molecule has 1 fully saturated rings. The number of nitrogens with two attached hydrogens (primary N) is 1. The van der Waals surface area contributed by atoms with E-state index in [9.17, 15) is 22.8 Å². The van der Waals surface area contributed by atoms with Crippen LogP contribution in [0.1, 0.15) is 49.6 Å². The van der Waals surface area contributed by atoms with Crippen LogP contribution < -0.4 is 21.3 Å². The number of pyridine rings is 1. The van der Waals surface area contributed by atoms with Crippen molar-refractivity contribution >= 4 is 29.3 Å². The van der Waals surface area contributed by atoms with Crippen LogP contribution in [0.25, 0.3) is 0 Å². The molecule has 0 radical (unpaired) electrons. The van der Waals surface area contributed by atoms with Gasteiger partial charge in [0.05, 0.1) is 11.6 Å². The first-order chi connectivity index (χ1) is 16.4. The van der Waals surface area contributed by atoms with Crippen LogP contribution in [0.4, 0.5) is 30.6 Å². The average molecular weight is 492 g/mol. The number of hydrogen-bond acceptors (Lipinski definition) is 7. The number of anilines is 3. The molecule has 2 aliphatic rings. The Hall–Kier alpha value is -3.44. The SMILES string of the molecule is Cc1nc(NC2CC(C(C(N)=O)c3ccc(C(F)(F)F)nc3)C2)nc2c1NC(=O)[C@H](C(C)C)N2C. The van der Waals surface area contributed by atoms with Crippen molar-refractivity contribution in [1.29, 1.82) is 0 Å². The highest BCUT2D eigenvalue weighted by Gasteiger charge is 2.41. The minimum Gasteiger partial charge on any atom is -0.369 e. The molecule has 2 amide bonds. The quantitative estimate of drug-likeness (QED) is 0.567. The predicted octanol–water partition coefficient (Wildman–Crippen LogP) is 3.07. The van der Waals surface area contributed by atoms with Crippen LogP contribution in [0.5, 0.6) is 0 Å². The van der Waals surface area contributed by atoms with Crippen LogP contribution in [0.2, 0.25) is 0 Å². The molecule has 1 aliphatic heterocycles. The molecule has 0 spiro atoms. The molecule has 4 N–H and O–H groups in total. The van der Waals surface area contributed by atoms with E-state index in [1.807, 2.05) is 25.8 Å². The fraction of sp³-hybridized carbons (Fsp3) is 0.522. The van der Waals surface area contributed by atoms with Gasteiger partial charge in [0.2, 0.25) is 17.8 Å². The van der Waals surface area contributed by atoms with Gasteiger partial charge in [0.25, 0.3) is 0 Å². The zero-order valence-electron chi connectivity index (χ0n) is 19.8. The molecule has 1 aliphatic carbocycles. The van der Waals surface area contributed by atoms with Gasteiger partial charge in [-0.15, -0.1) is 0 Å². The monoisotopic (exact) mass is 491 g/mol. The molecule has 4 rings (SSSR count). The number of fused-ring (bicyclic) bond motifs is 1. The number of primary amides is 1. The summed E-state index contributed by atoms with van der Waals surface area (Å²) in [6.07, 6.45) is -2.35. The predicted molar refractivity (Wildman–Crippen MR) is 124 cm³/mol. The van der Waals surface area contributed by atoms with E-state index in [1.54, 1.807) is 6.92 Å². The Kier molecular flexibility index (Phi) is 6.32. The summed E-state index contributed by atoms with van der Waals surface area (Å²) in [5, 5.41) is 6.17. The zero-order valence-corrected chi connectivity index (χ0v) is 19.8. The van der Waals surface area contributed by atoms with Crippen molar-refractivity contribution in [2.75, 3.05) is 22.6 Å². The van der Waals surface area contributed by atoms with E-state index < -0.39 is 23.7 Å². The fourth-order valence-electron chi connectivity index (χ4n) is 4.94. The lowest BCUT2D eigenvalue weighted by Crippen LogP contribution is -2.50. The van der Waals surface area contributed by atoms with Crippen LogP contribution >= 0.6 is 0 Å². The summed E-state index contributed by atoms with van der Waals surface area (Å²) in [5.41, 5.74) is 6.14. The van der Waals surface area contributed by atoms with Gasteiger partial charge < -0.3 is 21.3 Å². The van der Waals surface area contributed by atoms with Crippen molar-refractivity contribution in [3.63, 3.8) is 0 Å². The van der Waals surface area contributed by atoms with E-state index >= 15 is 0 Å². The van der Waals surface area contributed by atoms with Gasteiger partial charge >= 0.3 is 6.18 Å². The standard InChI is InChI=1S/C23H28F3N7O2/c1-10(2)18-21(35)31-17-11(3)29-22(32-20(17)33(18)4)30-14-7-13(8-14)16(19(27)34)12-5-6-15(28-9-12)23(24,25)26/h5-6,9-10,13-14,16,18H,7-8H2,1-4H3,(H2,27,34)(H,31,35)(H,29,30,32)/t13?,14?,16?,18-/m0/s1. The number of halogens is 3. The normalized spacial score (nSPS) is 22.8. The minimum absolute atomic E-state index is 0.0360. The van der Waals surface area contributed by atoms with E-state index in [1.165, 1.54) is 6.07 Å². The summed E-state index contributed by atoms with van der Waals surface area (Å²) in [5.74, 6) is -0.469. The first kappa shape index (κ1) is 24.7. The Balaban J connectivity index is 1.46.